The van der Waals surface area contributed by atoms with Crippen LogP contribution in [0.4, 0.5) is 0 Å². The van der Waals surface area contributed by atoms with Crippen LogP contribution in [0.15, 0.2) is 0 Å². The first-order valence-electron chi connectivity index (χ1n) is 6.86. The number of piperidine rings is 1. The summed E-state index contributed by atoms with van der Waals surface area (Å²) in [5.41, 5.74) is 0. The molecule has 1 heterocycles. The molecule has 2 rings (SSSR count). The van der Waals surface area contributed by atoms with Gasteiger partial charge in [-0.3, -0.25) is 0 Å². The van der Waals surface area contributed by atoms with E-state index in [0.717, 1.165) is 12.8 Å². The average Bonchev–Trinajstić information content (AvgIpc) is 3.13. The second-order valence-electron chi connectivity index (χ2n) is 5.66. The van der Waals surface area contributed by atoms with Crippen LogP contribution >= 0.6 is 0 Å². The predicted octanol–water partition coefficient (Wildman–Crippen LogP) is 0.0942. The normalized spacial score (nSPS) is 26.7. The molecular weight excluding hydrogens is 250 g/mol. The van der Waals surface area contributed by atoms with Gasteiger partial charge in [0, 0.05) is 31.7 Å². The number of sulfonamides is 1. The van der Waals surface area contributed by atoms with Gasteiger partial charge in [0.25, 0.3) is 0 Å². The fraction of sp³-hybridized carbons (Fsp3) is 1.00. The lowest BCUT2D eigenvalue weighted by Gasteiger charge is -2.35. The van der Waals surface area contributed by atoms with Gasteiger partial charge in [-0.2, -0.15) is 0 Å². The first-order chi connectivity index (χ1) is 8.49. The fourth-order valence-electron chi connectivity index (χ4n) is 2.40. The molecule has 2 fully saturated rings. The molecule has 1 aliphatic heterocycles. The van der Waals surface area contributed by atoms with Crippen LogP contribution in [0.2, 0.25) is 0 Å². The minimum atomic E-state index is -3.07. The quantitative estimate of drug-likeness (QED) is 0.747. The molecule has 0 radical (unpaired) electrons. The first-order valence-corrected chi connectivity index (χ1v) is 8.47. The van der Waals surface area contributed by atoms with E-state index in [-0.39, 0.29) is 5.75 Å². The van der Waals surface area contributed by atoms with Crippen molar-refractivity contribution < 1.29 is 8.42 Å². The molecule has 106 valence electrons. The van der Waals surface area contributed by atoms with Crippen LogP contribution in [-0.4, -0.2) is 69.2 Å². The molecule has 18 heavy (non-hydrogen) atoms. The molecule has 0 bridgehead atoms. The largest absolute Gasteiger partial charge is 0.313 e. The number of rotatable bonds is 6. The molecule has 5 nitrogen and oxygen atoms in total. The monoisotopic (exact) mass is 275 g/mol. The van der Waals surface area contributed by atoms with E-state index in [1.165, 1.54) is 12.8 Å². The molecule has 1 aliphatic carbocycles. The maximum absolute atomic E-state index is 12.2. The molecule has 1 atom stereocenters. The molecule has 0 aromatic carbocycles. The molecule has 1 saturated heterocycles. The molecule has 0 spiro atoms. The minimum Gasteiger partial charge on any atom is -0.313 e. The predicted molar refractivity (Wildman–Crippen MR) is 73.1 cm³/mol. The summed E-state index contributed by atoms with van der Waals surface area (Å²) in [5.74, 6) is 0.240. The van der Waals surface area contributed by atoms with Gasteiger partial charge < -0.3 is 10.2 Å². The Labute approximate surface area is 111 Å². The Kier molecular flexibility index (Phi) is 4.64. The van der Waals surface area contributed by atoms with Gasteiger partial charge in [-0.05, 0) is 39.8 Å². The number of likely N-dealkylation sites (N-methyl/N-ethyl adjacent to an activating group) is 1. The molecule has 0 aromatic rings. The Hall–Kier alpha value is -0.170. The van der Waals surface area contributed by atoms with E-state index in [1.54, 1.807) is 4.31 Å². The van der Waals surface area contributed by atoms with Crippen molar-refractivity contribution >= 4 is 10.0 Å². The van der Waals surface area contributed by atoms with E-state index in [1.807, 2.05) is 14.1 Å². The lowest BCUT2D eigenvalue weighted by molar-refractivity contribution is 0.190. The zero-order chi connectivity index (χ0) is 13.2. The van der Waals surface area contributed by atoms with Gasteiger partial charge in [0.15, 0.2) is 0 Å². The van der Waals surface area contributed by atoms with E-state index < -0.39 is 10.0 Å². The lowest BCUT2D eigenvalue weighted by Crippen LogP contribution is -2.48. The first kappa shape index (κ1) is 14.2. The van der Waals surface area contributed by atoms with E-state index >= 15 is 0 Å². The number of nitrogens with zero attached hydrogens (tertiary/aromatic N) is 2. The Bertz CT molecular complexity index is 366. The Morgan fingerprint density at radius 2 is 2.00 bits per heavy atom. The second-order valence-corrected chi connectivity index (χ2v) is 7.75. The fourth-order valence-corrected chi connectivity index (χ4v) is 3.84. The summed E-state index contributed by atoms with van der Waals surface area (Å²) in [5, 5.41) is 3.27. The van der Waals surface area contributed by atoms with E-state index in [9.17, 15) is 8.42 Å². The van der Waals surface area contributed by atoms with Gasteiger partial charge in [0.1, 0.15) is 0 Å². The number of nitrogens with one attached hydrogen (secondary N) is 1. The highest BCUT2D eigenvalue weighted by Crippen LogP contribution is 2.19. The van der Waals surface area contributed by atoms with Crippen LogP contribution < -0.4 is 5.32 Å². The molecule has 0 amide bonds. The summed E-state index contributed by atoms with van der Waals surface area (Å²) in [7, 11) is 0.973. The van der Waals surface area contributed by atoms with Crippen molar-refractivity contribution in [3.05, 3.63) is 0 Å². The summed E-state index contributed by atoms with van der Waals surface area (Å²) in [6.45, 7) is 1.94. The maximum atomic E-state index is 12.2. The van der Waals surface area contributed by atoms with Gasteiger partial charge >= 0.3 is 0 Å². The Balaban J connectivity index is 1.83. The molecule has 0 aromatic heterocycles. The highest BCUT2D eigenvalue weighted by molar-refractivity contribution is 7.89. The Morgan fingerprint density at radius 1 is 1.28 bits per heavy atom. The van der Waals surface area contributed by atoms with Gasteiger partial charge in [0.2, 0.25) is 10.0 Å². The topological polar surface area (TPSA) is 52.7 Å². The summed E-state index contributed by atoms with van der Waals surface area (Å²) < 4.78 is 26.1. The zero-order valence-corrected chi connectivity index (χ0v) is 12.2. The Morgan fingerprint density at radius 3 is 2.61 bits per heavy atom. The summed E-state index contributed by atoms with van der Waals surface area (Å²) in [6, 6.07) is 0.945. The summed E-state index contributed by atoms with van der Waals surface area (Å²) in [6.07, 6.45) is 4.47. The summed E-state index contributed by atoms with van der Waals surface area (Å²) in [4.78, 5) is 2.13. The molecule has 1 unspecified atom stereocenters. The van der Waals surface area contributed by atoms with Crippen LogP contribution in [0, 0.1) is 0 Å². The van der Waals surface area contributed by atoms with Crippen molar-refractivity contribution in [1.82, 2.24) is 14.5 Å². The second kappa shape index (κ2) is 5.86. The van der Waals surface area contributed by atoms with Crippen molar-refractivity contribution in [2.75, 3.05) is 39.5 Å². The van der Waals surface area contributed by atoms with Crippen LogP contribution in [0.25, 0.3) is 0 Å². The third-order valence-corrected chi connectivity index (χ3v) is 5.69. The van der Waals surface area contributed by atoms with Crippen LogP contribution in [-0.2, 0) is 10.0 Å². The average molecular weight is 275 g/mol. The lowest BCUT2D eigenvalue weighted by atomic mass is 10.1. The van der Waals surface area contributed by atoms with E-state index in [0.29, 0.717) is 31.7 Å². The minimum absolute atomic E-state index is 0.240. The smallest absolute Gasteiger partial charge is 0.215 e. The third kappa shape index (κ3) is 3.91. The highest BCUT2D eigenvalue weighted by Gasteiger charge is 2.30. The van der Waals surface area contributed by atoms with E-state index in [4.69, 9.17) is 0 Å². The number of hydrogen-bond acceptors (Lipinski definition) is 4. The molecule has 1 saturated carbocycles. The van der Waals surface area contributed by atoms with Crippen LogP contribution in [0.5, 0.6) is 0 Å². The van der Waals surface area contributed by atoms with Crippen molar-refractivity contribution in [3.8, 4) is 0 Å². The van der Waals surface area contributed by atoms with Gasteiger partial charge in [-0.1, -0.05) is 0 Å². The molecule has 2 aliphatic rings. The van der Waals surface area contributed by atoms with Gasteiger partial charge in [0.05, 0.1) is 5.75 Å². The number of hydrogen-bond donors (Lipinski definition) is 1. The summed E-state index contributed by atoms with van der Waals surface area (Å²) >= 11 is 0. The molecular formula is C12H25N3O2S. The SMILES string of the molecule is CN(C)C1CCCN(S(=O)(=O)CCNC2CC2)C1. The maximum Gasteiger partial charge on any atom is 0.215 e. The van der Waals surface area contributed by atoms with Gasteiger partial charge in [-0.25, -0.2) is 12.7 Å². The standard InChI is InChI=1S/C12H25N3O2S/c1-14(2)12-4-3-8-15(10-12)18(16,17)9-7-13-11-5-6-11/h11-13H,3-10H2,1-2H3. The van der Waals surface area contributed by atoms with E-state index in [2.05, 4.69) is 10.2 Å². The van der Waals surface area contributed by atoms with Crippen LogP contribution in [0.1, 0.15) is 25.7 Å². The third-order valence-electron chi connectivity index (χ3n) is 3.85. The van der Waals surface area contributed by atoms with Crippen molar-refractivity contribution in [1.29, 1.82) is 0 Å². The zero-order valence-electron chi connectivity index (χ0n) is 11.4. The molecule has 6 heteroatoms. The van der Waals surface area contributed by atoms with Crippen molar-refractivity contribution in [3.63, 3.8) is 0 Å². The van der Waals surface area contributed by atoms with Crippen LogP contribution in [0.3, 0.4) is 0 Å². The molecule has 1 N–H and O–H groups in total. The van der Waals surface area contributed by atoms with Crippen molar-refractivity contribution in [2.24, 2.45) is 0 Å². The highest BCUT2D eigenvalue weighted by atomic mass is 32.2. The van der Waals surface area contributed by atoms with Crippen molar-refractivity contribution in [2.45, 2.75) is 37.8 Å². The van der Waals surface area contributed by atoms with Gasteiger partial charge in [-0.15, -0.1) is 0 Å².